The van der Waals surface area contributed by atoms with Crippen molar-refractivity contribution in [3.05, 3.63) is 78.6 Å². The van der Waals surface area contributed by atoms with E-state index < -0.39 is 0 Å². The maximum atomic E-state index is 12.1. The molecule has 0 unspecified atom stereocenters. The molecule has 27 heavy (non-hydrogen) atoms. The molecule has 0 bridgehead atoms. The minimum Gasteiger partial charge on any atom is -0.436 e. The van der Waals surface area contributed by atoms with Gasteiger partial charge in [0.15, 0.2) is 10.7 Å². The summed E-state index contributed by atoms with van der Waals surface area (Å²) in [5.41, 5.74) is 3.37. The third-order valence-corrected chi connectivity index (χ3v) is 4.02. The number of amides is 1. The molecular formula is C20H14N4O2S. The summed E-state index contributed by atoms with van der Waals surface area (Å²) in [6, 6.07) is 18.0. The molecule has 0 aliphatic rings. The molecule has 0 aliphatic carbocycles. The van der Waals surface area contributed by atoms with Crippen molar-refractivity contribution in [1.82, 2.24) is 15.3 Å². The summed E-state index contributed by atoms with van der Waals surface area (Å²) in [5.74, 6) is 0.227. The number of oxazole rings is 1. The number of benzene rings is 2. The summed E-state index contributed by atoms with van der Waals surface area (Å²) in [6.45, 7) is 0. The largest absolute Gasteiger partial charge is 0.436 e. The van der Waals surface area contributed by atoms with E-state index in [1.54, 1.807) is 48.8 Å². The van der Waals surface area contributed by atoms with Gasteiger partial charge in [-0.05, 0) is 54.7 Å². The number of aromatic nitrogens is 2. The van der Waals surface area contributed by atoms with Crippen LogP contribution in [0.5, 0.6) is 0 Å². The van der Waals surface area contributed by atoms with Crippen LogP contribution in [0, 0.1) is 0 Å². The number of hydrogen-bond donors (Lipinski definition) is 2. The monoisotopic (exact) mass is 374 g/mol. The maximum absolute atomic E-state index is 12.1. The molecule has 132 valence electrons. The Kier molecular flexibility index (Phi) is 4.59. The van der Waals surface area contributed by atoms with Gasteiger partial charge >= 0.3 is 0 Å². The second-order valence-corrected chi connectivity index (χ2v) is 6.13. The first-order valence-electron chi connectivity index (χ1n) is 8.17. The molecule has 4 aromatic rings. The first-order chi connectivity index (χ1) is 13.2. The SMILES string of the molecule is O=C(NC(=S)Nc1ccc2oc(-c3cccnc3)nc2c1)c1ccccc1. The van der Waals surface area contributed by atoms with Gasteiger partial charge in [0.1, 0.15) is 5.52 Å². The number of pyridine rings is 1. The molecule has 0 saturated carbocycles. The summed E-state index contributed by atoms with van der Waals surface area (Å²) in [5, 5.41) is 5.85. The lowest BCUT2D eigenvalue weighted by molar-refractivity contribution is 0.0977. The van der Waals surface area contributed by atoms with Crippen molar-refractivity contribution in [3.8, 4) is 11.5 Å². The van der Waals surface area contributed by atoms with Gasteiger partial charge in [-0.2, -0.15) is 0 Å². The van der Waals surface area contributed by atoms with Crippen molar-refractivity contribution in [2.75, 3.05) is 5.32 Å². The van der Waals surface area contributed by atoms with Gasteiger partial charge < -0.3 is 9.73 Å². The lowest BCUT2D eigenvalue weighted by atomic mass is 10.2. The number of nitrogens with one attached hydrogen (secondary N) is 2. The Morgan fingerprint density at radius 2 is 1.89 bits per heavy atom. The van der Waals surface area contributed by atoms with Gasteiger partial charge in [-0.25, -0.2) is 4.98 Å². The van der Waals surface area contributed by atoms with Gasteiger partial charge in [0.25, 0.3) is 5.91 Å². The van der Waals surface area contributed by atoms with E-state index in [2.05, 4.69) is 20.6 Å². The predicted octanol–water partition coefficient (Wildman–Crippen LogP) is 4.02. The molecule has 2 aromatic heterocycles. The van der Waals surface area contributed by atoms with E-state index in [1.807, 2.05) is 24.3 Å². The Morgan fingerprint density at radius 3 is 2.67 bits per heavy atom. The highest BCUT2D eigenvalue weighted by Gasteiger charge is 2.11. The van der Waals surface area contributed by atoms with E-state index in [1.165, 1.54) is 0 Å². The molecule has 1 amide bonds. The summed E-state index contributed by atoms with van der Waals surface area (Å²) in [4.78, 5) is 20.7. The number of carbonyl (C=O) groups is 1. The van der Waals surface area contributed by atoms with E-state index in [0.29, 0.717) is 28.2 Å². The normalized spacial score (nSPS) is 10.5. The van der Waals surface area contributed by atoms with E-state index >= 15 is 0 Å². The zero-order valence-corrected chi connectivity index (χ0v) is 14.9. The molecule has 0 saturated heterocycles. The minimum absolute atomic E-state index is 0.208. The number of fused-ring (bicyclic) bond motifs is 1. The van der Waals surface area contributed by atoms with Crippen LogP contribution in [0.4, 0.5) is 5.69 Å². The summed E-state index contributed by atoms with van der Waals surface area (Å²) < 4.78 is 5.75. The van der Waals surface area contributed by atoms with Crippen molar-refractivity contribution >= 4 is 40.0 Å². The Balaban J connectivity index is 1.49. The molecule has 0 radical (unpaired) electrons. The number of rotatable bonds is 3. The second kappa shape index (κ2) is 7.35. The van der Waals surface area contributed by atoms with Crippen LogP contribution in [-0.2, 0) is 0 Å². The van der Waals surface area contributed by atoms with E-state index in [0.717, 1.165) is 5.56 Å². The quantitative estimate of drug-likeness (QED) is 0.527. The lowest BCUT2D eigenvalue weighted by Gasteiger charge is -2.09. The molecular weight excluding hydrogens is 360 g/mol. The maximum Gasteiger partial charge on any atom is 0.257 e. The fourth-order valence-electron chi connectivity index (χ4n) is 2.55. The highest BCUT2D eigenvalue weighted by molar-refractivity contribution is 7.80. The molecule has 6 nitrogen and oxygen atoms in total. The molecule has 2 N–H and O–H groups in total. The lowest BCUT2D eigenvalue weighted by Crippen LogP contribution is -2.34. The fourth-order valence-corrected chi connectivity index (χ4v) is 2.76. The smallest absolute Gasteiger partial charge is 0.257 e. The van der Waals surface area contributed by atoms with Crippen LogP contribution in [0.3, 0.4) is 0 Å². The topological polar surface area (TPSA) is 80.0 Å². The zero-order chi connectivity index (χ0) is 18.6. The molecule has 0 fully saturated rings. The van der Waals surface area contributed by atoms with Gasteiger partial charge in [-0.1, -0.05) is 18.2 Å². The highest BCUT2D eigenvalue weighted by atomic mass is 32.1. The Hall–Kier alpha value is -3.58. The first kappa shape index (κ1) is 16.9. The minimum atomic E-state index is -0.269. The van der Waals surface area contributed by atoms with Crippen LogP contribution < -0.4 is 10.6 Å². The van der Waals surface area contributed by atoms with Crippen molar-refractivity contribution in [2.24, 2.45) is 0 Å². The molecule has 4 rings (SSSR count). The van der Waals surface area contributed by atoms with E-state index in [4.69, 9.17) is 16.6 Å². The molecule has 7 heteroatoms. The van der Waals surface area contributed by atoms with Gasteiger partial charge in [0, 0.05) is 23.6 Å². The molecule has 2 aromatic carbocycles. The van der Waals surface area contributed by atoms with Gasteiger partial charge in [-0.3, -0.25) is 15.1 Å². The Labute approximate surface area is 160 Å². The molecule has 0 aliphatic heterocycles. The van der Waals surface area contributed by atoms with Crippen molar-refractivity contribution < 1.29 is 9.21 Å². The summed E-state index contributed by atoms with van der Waals surface area (Å²) >= 11 is 5.22. The number of hydrogen-bond acceptors (Lipinski definition) is 5. The van der Waals surface area contributed by atoms with Crippen molar-refractivity contribution in [3.63, 3.8) is 0 Å². The second-order valence-electron chi connectivity index (χ2n) is 5.72. The third kappa shape index (κ3) is 3.83. The predicted molar refractivity (Wildman–Crippen MR) is 107 cm³/mol. The van der Waals surface area contributed by atoms with Gasteiger partial charge in [0.2, 0.25) is 5.89 Å². The average Bonchev–Trinajstić information content (AvgIpc) is 3.12. The first-order valence-corrected chi connectivity index (χ1v) is 8.58. The molecule has 2 heterocycles. The highest BCUT2D eigenvalue weighted by Crippen LogP contribution is 2.25. The van der Waals surface area contributed by atoms with Crippen LogP contribution in [0.15, 0.2) is 77.5 Å². The number of anilines is 1. The van der Waals surface area contributed by atoms with Crippen LogP contribution in [0.2, 0.25) is 0 Å². The standard InChI is InChI=1S/C20H14N4O2S/c25-18(13-5-2-1-3-6-13)24-20(27)22-15-8-9-17-16(11-15)23-19(26-17)14-7-4-10-21-12-14/h1-12H,(H2,22,24,25,27). The zero-order valence-electron chi connectivity index (χ0n) is 14.0. The Bertz CT molecular complexity index is 1110. The van der Waals surface area contributed by atoms with Crippen LogP contribution in [0.1, 0.15) is 10.4 Å². The van der Waals surface area contributed by atoms with E-state index in [9.17, 15) is 4.79 Å². The fraction of sp³-hybridized carbons (Fsp3) is 0. The molecule has 0 atom stereocenters. The number of carbonyl (C=O) groups excluding carboxylic acids is 1. The van der Waals surface area contributed by atoms with E-state index in [-0.39, 0.29) is 11.0 Å². The number of nitrogens with zero attached hydrogens (tertiary/aromatic N) is 2. The van der Waals surface area contributed by atoms with Gasteiger partial charge in [0.05, 0.1) is 5.56 Å². The molecule has 0 spiro atoms. The Morgan fingerprint density at radius 1 is 1.04 bits per heavy atom. The average molecular weight is 374 g/mol. The van der Waals surface area contributed by atoms with Crippen LogP contribution in [0.25, 0.3) is 22.6 Å². The number of thiocarbonyl (C=S) groups is 1. The third-order valence-electron chi connectivity index (χ3n) is 3.82. The summed E-state index contributed by atoms with van der Waals surface area (Å²) in [6.07, 6.45) is 3.39. The summed E-state index contributed by atoms with van der Waals surface area (Å²) in [7, 11) is 0. The van der Waals surface area contributed by atoms with Crippen molar-refractivity contribution in [1.29, 1.82) is 0 Å². The van der Waals surface area contributed by atoms with Gasteiger partial charge in [-0.15, -0.1) is 0 Å². The van der Waals surface area contributed by atoms with Crippen molar-refractivity contribution in [2.45, 2.75) is 0 Å². The van der Waals surface area contributed by atoms with Crippen LogP contribution in [-0.4, -0.2) is 21.0 Å². The van der Waals surface area contributed by atoms with Crippen LogP contribution >= 0.6 is 12.2 Å².